The number of nitrogens with one attached hydrogen (secondary N) is 1. The van der Waals surface area contributed by atoms with E-state index in [4.69, 9.17) is 5.73 Å². The van der Waals surface area contributed by atoms with Crippen LogP contribution in [0.5, 0.6) is 5.75 Å². The molecular formula is C33H29FN4O2. The van der Waals surface area contributed by atoms with Crippen molar-refractivity contribution in [2.45, 2.75) is 25.0 Å². The molecule has 0 spiro atoms. The number of benzene rings is 4. The Morgan fingerprint density at radius 2 is 1.75 bits per heavy atom. The van der Waals surface area contributed by atoms with Crippen LogP contribution in [0, 0.1) is 5.82 Å². The number of aromatic nitrogens is 1. The molecule has 0 radical (unpaired) electrons. The minimum atomic E-state index is -0.697. The average Bonchev–Trinajstić information content (AvgIpc) is 3.68. The summed E-state index contributed by atoms with van der Waals surface area (Å²) in [6.07, 6.45) is 0.998. The summed E-state index contributed by atoms with van der Waals surface area (Å²) in [5.74, 6) is -0.694. The number of carbonyl (C=O) groups excluding carboxylic acids is 1. The van der Waals surface area contributed by atoms with Crippen LogP contribution in [0.1, 0.15) is 39.6 Å². The Morgan fingerprint density at radius 1 is 0.950 bits per heavy atom. The molecule has 1 fully saturated rings. The van der Waals surface area contributed by atoms with Crippen molar-refractivity contribution in [1.82, 2.24) is 9.88 Å². The van der Waals surface area contributed by atoms with Gasteiger partial charge in [0.2, 0.25) is 0 Å². The molecule has 0 bridgehead atoms. The quantitative estimate of drug-likeness (QED) is 0.261. The van der Waals surface area contributed by atoms with E-state index in [1.807, 2.05) is 48.5 Å². The van der Waals surface area contributed by atoms with Crippen molar-refractivity contribution in [3.8, 4) is 16.9 Å². The Bertz CT molecular complexity index is 1710. The molecule has 1 unspecified atom stereocenters. The second-order valence-electron chi connectivity index (χ2n) is 10.8. The van der Waals surface area contributed by atoms with Crippen LogP contribution >= 0.6 is 0 Å². The lowest BCUT2D eigenvalue weighted by molar-refractivity contribution is 0.0726. The topological polar surface area (TPSA) is 85.6 Å². The van der Waals surface area contributed by atoms with Crippen LogP contribution in [0.15, 0.2) is 91.0 Å². The molecule has 1 aromatic heterocycles. The fourth-order valence-corrected chi connectivity index (χ4v) is 6.09. The third-order valence-corrected chi connectivity index (χ3v) is 8.17. The van der Waals surface area contributed by atoms with E-state index in [1.54, 1.807) is 4.90 Å². The normalized spacial score (nSPS) is 17.6. The summed E-state index contributed by atoms with van der Waals surface area (Å²) in [5.41, 5.74) is 12.7. The molecule has 6 nitrogen and oxygen atoms in total. The maximum Gasteiger partial charge on any atom is 0.255 e. The molecule has 1 saturated heterocycles. The number of carbonyl (C=O) groups is 1. The number of para-hydroxylation sites is 1. The van der Waals surface area contributed by atoms with Gasteiger partial charge in [-0.05, 0) is 77.0 Å². The van der Waals surface area contributed by atoms with Gasteiger partial charge in [-0.25, -0.2) is 4.39 Å². The Hall–Kier alpha value is -4.62. The summed E-state index contributed by atoms with van der Waals surface area (Å²) in [5, 5.41) is 11.8. The van der Waals surface area contributed by atoms with E-state index < -0.39 is 11.9 Å². The molecule has 40 heavy (non-hydrogen) atoms. The number of phenols is 1. The molecule has 4 N–H and O–H groups in total. The number of anilines is 1. The fraction of sp³-hybridized carbons (Fsp3) is 0.182. The van der Waals surface area contributed by atoms with Crippen molar-refractivity contribution >= 4 is 22.5 Å². The van der Waals surface area contributed by atoms with Crippen molar-refractivity contribution in [2.24, 2.45) is 5.73 Å². The molecule has 7 heteroatoms. The highest BCUT2D eigenvalue weighted by Gasteiger charge is 2.37. The van der Waals surface area contributed by atoms with Crippen LogP contribution in [0.2, 0.25) is 0 Å². The third kappa shape index (κ3) is 4.19. The highest BCUT2D eigenvalue weighted by Crippen LogP contribution is 2.41. The summed E-state index contributed by atoms with van der Waals surface area (Å²) in [7, 11) is 0. The summed E-state index contributed by atoms with van der Waals surface area (Å²) >= 11 is 0. The maximum atomic E-state index is 14.4. The summed E-state index contributed by atoms with van der Waals surface area (Å²) in [6, 6.07) is 27.5. The van der Waals surface area contributed by atoms with Gasteiger partial charge in [0, 0.05) is 53.7 Å². The monoisotopic (exact) mass is 532 g/mol. The highest BCUT2D eigenvalue weighted by molar-refractivity contribution is 6.00. The van der Waals surface area contributed by atoms with Crippen LogP contribution in [0.4, 0.5) is 10.1 Å². The number of hydrogen-bond acceptors (Lipinski definition) is 4. The molecule has 7 rings (SSSR count). The molecule has 2 atom stereocenters. The first-order valence-corrected chi connectivity index (χ1v) is 13.6. The molecule has 2 aliphatic heterocycles. The Labute approximate surface area is 231 Å². The number of phenolic OH excluding ortho intramolecular Hbond substituents is 1. The van der Waals surface area contributed by atoms with E-state index in [0.29, 0.717) is 23.4 Å². The van der Waals surface area contributed by atoms with Gasteiger partial charge < -0.3 is 25.6 Å². The number of nitrogens with two attached hydrogens (primary N) is 1. The predicted octanol–water partition coefficient (Wildman–Crippen LogP) is 5.96. The fourth-order valence-electron chi connectivity index (χ4n) is 6.09. The van der Waals surface area contributed by atoms with E-state index >= 15 is 0 Å². The first kappa shape index (κ1) is 24.4. The molecule has 200 valence electrons. The standard InChI is InChI=1S/C33H29FN4O2/c34-24-9-12-31(39)28(17-24)32(30-16-22-3-1-2-4-29(22)36-30)38-18-23-6-5-21(15-27(23)33(38)40)20-7-10-26(11-8-20)37-14-13-25(35)19-37/h1-12,15-17,25,32,36,39H,13-14,18-19,35H2/t25-,32?/m0/s1. The number of aromatic amines is 1. The second kappa shape index (κ2) is 9.54. The van der Waals surface area contributed by atoms with Crippen molar-refractivity contribution < 1.29 is 14.3 Å². The number of halogens is 1. The number of H-pyrrole nitrogens is 1. The number of rotatable bonds is 5. The summed E-state index contributed by atoms with van der Waals surface area (Å²) in [6.45, 7) is 2.17. The van der Waals surface area contributed by atoms with Crippen molar-refractivity contribution in [2.75, 3.05) is 18.0 Å². The number of aromatic hydroxyl groups is 1. The highest BCUT2D eigenvalue weighted by atomic mass is 19.1. The minimum absolute atomic E-state index is 0.0615. The smallest absolute Gasteiger partial charge is 0.255 e. The van der Waals surface area contributed by atoms with Gasteiger partial charge in [-0.3, -0.25) is 4.79 Å². The van der Waals surface area contributed by atoms with Crippen LogP contribution < -0.4 is 10.6 Å². The van der Waals surface area contributed by atoms with Crippen LogP contribution in [-0.2, 0) is 6.54 Å². The maximum absolute atomic E-state index is 14.4. The van der Waals surface area contributed by atoms with Gasteiger partial charge in [0.05, 0.1) is 0 Å². The van der Waals surface area contributed by atoms with Gasteiger partial charge in [0.25, 0.3) is 5.91 Å². The van der Waals surface area contributed by atoms with E-state index in [1.165, 1.54) is 18.2 Å². The second-order valence-corrected chi connectivity index (χ2v) is 10.8. The van der Waals surface area contributed by atoms with E-state index in [-0.39, 0.29) is 17.7 Å². The zero-order valence-corrected chi connectivity index (χ0v) is 21.8. The van der Waals surface area contributed by atoms with Crippen LogP contribution in [-0.4, -0.2) is 40.0 Å². The Balaban J connectivity index is 1.24. The zero-order chi connectivity index (χ0) is 27.4. The SMILES string of the molecule is N[C@H]1CCN(c2ccc(-c3ccc4c(c3)C(=O)N(C(c3cc5ccccc5[nH]3)c3cc(F)ccc3O)C4)cc2)C1. The zero-order valence-electron chi connectivity index (χ0n) is 21.8. The molecule has 2 aliphatic rings. The van der Waals surface area contributed by atoms with Crippen LogP contribution in [0.25, 0.3) is 22.0 Å². The van der Waals surface area contributed by atoms with E-state index in [0.717, 1.165) is 52.8 Å². The number of nitrogens with zero attached hydrogens (tertiary/aromatic N) is 2. The van der Waals surface area contributed by atoms with Gasteiger partial charge in [0.15, 0.2) is 0 Å². The number of fused-ring (bicyclic) bond motifs is 2. The van der Waals surface area contributed by atoms with E-state index in [2.05, 4.69) is 34.1 Å². The summed E-state index contributed by atoms with van der Waals surface area (Å²) in [4.78, 5) is 21.3. The van der Waals surface area contributed by atoms with Gasteiger partial charge in [-0.2, -0.15) is 0 Å². The predicted molar refractivity (Wildman–Crippen MR) is 155 cm³/mol. The van der Waals surface area contributed by atoms with Crippen molar-refractivity contribution in [3.05, 3.63) is 119 Å². The third-order valence-electron chi connectivity index (χ3n) is 8.17. The van der Waals surface area contributed by atoms with Gasteiger partial charge in [-0.15, -0.1) is 0 Å². The first-order chi connectivity index (χ1) is 19.4. The number of amides is 1. The molecule has 3 heterocycles. The van der Waals surface area contributed by atoms with Crippen molar-refractivity contribution in [3.63, 3.8) is 0 Å². The average molecular weight is 533 g/mol. The Morgan fingerprint density at radius 3 is 2.52 bits per heavy atom. The molecular weight excluding hydrogens is 503 g/mol. The molecule has 0 aliphatic carbocycles. The molecule has 0 saturated carbocycles. The molecule has 1 amide bonds. The summed E-state index contributed by atoms with van der Waals surface area (Å²) < 4.78 is 14.4. The molecule has 5 aromatic rings. The van der Waals surface area contributed by atoms with Crippen molar-refractivity contribution in [1.29, 1.82) is 0 Å². The van der Waals surface area contributed by atoms with Gasteiger partial charge >= 0.3 is 0 Å². The lowest BCUT2D eigenvalue weighted by atomic mass is 10.00. The lowest BCUT2D eigenvalue weighted by Crippen LogP contribution is -2.30. The Kier molecular flexibility index (Phi) is 5.82. The van der Waals surface area contributed by atoms with Crippen LogP contribution in [0.3, 0.4) is 0 Å². The van der Waals surface area contributed by atoms with E-state index in [9.17, 15) is 14.3 Å². The lowest BCUT2D eigenvalue weighted by Gasteiger charge is -2.28. The van der Waals surface area contributed by atoms with Gasteiger partial charge in [-0.1, -0.05) is 42.5 Å². The first-order valence-electron chi connectivity index (χ1n) is 13.6. The number of hydrogen-bond donors (Lipinski definition) is 3. The molecule has 4 aromatic carbocycles. The minimum Gasteiger partial charge on any atom is -0.508 e. The largest absolute Gasteiger partial charge is 0.508 e. The van der Waals surface area contributed by atoms with Gasteiger partial charge in [0.1, 0.15) is 17.6 Å².